The lowest BCUT2D eigenvalue weighted by atomic mass is 10.1. The van der Waals surface area contributed by atoms with Crippen LogP contribution in [-0.2, 0) is 35.1 Å². The molecule has 0 saturated carbocycles. The molecule has 0 spiro atoms. The molecule has 5 atom stereocenters. The quantitative estimate of drug-likeness (QED) is 0.127. The smallest absolute Gasteiger partial charge is 0.408 e. The van der Waals surface area contributed by atoms with E-state index in [1.54, 1.807) is 12.1 Å². The summed E-state index contributed by atoms with van der Waals surface area (Å²) in [7, 11) is 0. The molecule has 2 fully saturated rings. The molecule has 0 radical (unpaired) electrons. The van der Waals surface area contributed by atoms with Crippen molar-refractivity contribution in [1.29, 1.82) is 0 Å². The number of carbonyl (C=O) groups excluding carboxylic acids is 1. The summed E-state index contributed by atoms with van der Waals surface area (Å²) in [5, 5.41) is 11.7. The van der Waals surface area contributed by atoms with Crippen LogP contribution in [0.5, 0.6) is 0 Å². The highest BCUT2D eigenvalue weighted by atomic mass is 16.6. The number of carbonyl (C=O) groups is 2. The fourth-order valence-corrected chi connectivity index (χ4v) is 3.56. The molecule has 2 heterocycles. The van der Waals surface area contributed by atoms with E-state index in [2.05, 4.69) is 10.3 Å². The van der Waals surface area contributed by atoms with Gasteiger partial charge in [0.1, 0.15) is 31.0 Å². The zero-order valence-electron chi connectivity index (χ0n) is 18.2. The zero-order chi connectivity index (χ0) is 23.6. The highest BCUT2D eigenvalue weighted by Gasteiger charge is 2.49. The second-order valence-electron chi connectivity index (χ2n) is 7.71. The summed E-state index contributed by atoms with van der Waals surface area (Å²) < 4.78 is 28.2. The summed E-state index contributed by atoms with van der Waals surface area (Å²) in [4.78, 5) is 26.4. The van der Waals surface area contributed by atoms with E-state index < -0.39 is 24.2 Å². The lowest BCUT2D eigenvalue weighted by Gasteiger charge is -2.20. The largest absolute Gasteiger partial charge is 0.480 e. The van der Waals surface area contributed by atoms with Gasteiger partial charge in [0.2, 0.25) is 0 Å². The molecule has 0 unspecified atom stereocenters. The number of guanidine groups is 1. The number of carboxylic acid groups (broad SMARTS) is 1. The van der Waals surface area contributed by atoms with Gasteiger partial charge in [0.25, 0.3) is 0 Å². The molecule has 2 aliphatic rings. The first-order chi connectivity index (χ1) is 15.9. The van der Waals surface area contributed by atoms with E-state index in [0.717, 1.165) is 5.56 Å². The Bertz CT molecular complexity index is 805. The van der Waals surface area contributed by atoms with Gasteiger partial charge in [0, 0.05) is 6.42 Å². The Morgan fingerprint density at radius 3 is 2.42 bits per heavy atom. The van der Waals surface area contributed by atoms with Gasteiger partial charge >= 0.3 is 18.0 Å². The van der Waals surface area contributed by atoms with Crippen LogP contribution in [0.4, 0.5) is 4.79 Å². The minimum Gasteiger partial charge on any atom is -0.480 e. The summed E-state index contributed by atoms with van der Waals surface area (Å²) >= 11 is 0. The summed E-state index contributed by atoms with van der Waals surface area (Å²) in [5.74, 6) is -1.07. The second-order valence-corrected chi connectivity index (χ2v) is 7.71. The Kier molecular flexibility index (Phi) is 9.24. The summed E-state index contributed by atoms with van der Waals surface area (Å²) in [6.07, 6.45) is -1.53. The van der Waals surface area contributed by atoms with Crippen LogP contribution in [0.1, 0.15) is 12.0 Å². The van der Waals surface area contributed by atoms with Gasteiger partial charge in [-0.05, 0) is 5.56 Å². The summed E-state index contributed by atoms with van der Waals surface area (Å²) in [6, 6.07) is 7.79. The topological polar surface area (TPSA) is 179 Å². The Morgan fingerprint density at radius 2 is 1.79 bits per heavy atom. The lowest BCUT2D eigenvalue weighted by molar-refractivity contribution is -0.460. The Balaban J connectivity index is 1.39. The number of hydrogen-bond acceptors (Lipinski definition) is 7. The number of ether oxygens (including phenoxy) is 5. The van der Waals surface area contributed by atoms with Crippen LogP contribution in [0.15, 0.2) is 30.3 Å². The third-order valence-electron chi connectivity index (χ3n) is 5.22. The van der Waals surface area contributed by atoms with Crippen molar-refractivity contribution in [3.05, 3.63) is 35.9 Å². The standard InChI is InChI=1S/C21H30N4O8/c22-20(23)24-7-4-8-29-15-11-31-18-16(12-32-17(15)18)30-10-14(19(26)27)25-21(28)33-9-13-5-2-1-3-6-13/h1-3,5-6,14-18H,4,7-12H2,(H,25,28)(H,26,27)(H4,22,23,24)/p+1/t14-,15+,16-,17+,18+/m0/s1. The molecule has 2 aliphatic heterocycles. The van der Waals surface area contributed by atoms with Crippen LogP contribution in [0.25, 0.3) is 0 Å². The maximum Gasteiger partial charge on any atom is 0.408 e. The molecule has 7 N–H and O–H groups in total. The average Bonchev–Trinajstić information content (AvgIpc) is 3.38. The zero-order valence-corrected chi connectivity index (χ0v) is 18.2. The number of amides is 1. The fourth-order valence-electron chi connectivity index (χ4n) is 3.56. The molecule has 182 valence electrons. The molecule has 3 rings (SSSR count). The Morgan fingerprint density at radius 1 is 1.12 bits per heavy atom. The van der Waals surface area contributed by atoms with Gasteiger partial charge in [0.05, 0.1) is 33.0 Å². The molecule has 2 saturated heterocycles. The second kappa shape index (κ2) is 12.3. The van der Waals surface area contributed by atoms with Gasteiger partial charge in [0.15, 0.2) is 6.04 Å². The fraction of sp³-hybridized carbons (Fsp3) is 0.571. The van der Waals surface area contributed by atoms with E-state index in [1.165, 1.54) is 0 Å². The van der Waals surface area contributed by atoms with Crippen molar-refractivity contribution < 1.29 is 43.4 Å². The molecule has 12 nitrogen and oxygen atoms in total. The first kappa shape index (κ1) is 24.7. The third kappa shape index (κ3) is 7.56. The van der Waals surface area contributed by atoms with E-state index in [4.69, 9.17) is 35.2 Å². The monoisotopic (exact) mass is 467 g/mol. The van der Waals surface area contributed by atoms with E-state index >= 15 is 0 Å². The molecule has 33 heavy (non-hydrogen) atoms. The van der Waals surface area contributed by atoms with Gasteiger partial charge in [-0.15, -0.1) is 0 Å². The number of benzene rings is 1. The average molecular weight is 467 g/mol. The number of hydrogen-bond donors (Lipinski definition) is 5. The van der Waals surface area contributed by atoms with Gasteiger partial charge in [-0.3, -0.25) is 16.5 Å². The highest BCUT2D eigenvalue weighted by molar-refractivity contribution is 5.80. The van der Waals surface area contributed by atoms with Crippen molar-refractivity contribution >= 4 is 18.0 Å². The first-order valence-corrected chi connectivity index (χ1v) is 10.7. The first-order valence-electron chi connectivity index (χ1n) is 10.7. The number of nitrogens with one attached hydrogen (secondary N) is 2. The van der Waals surface area contributed by atoms with E-state index in [-0.39, 0.29) is 44.1 Å². The maximum absolute atomic E-state index is 12.0. The van der Waals surface area contributed by atoms with Crippen LogP contribution >= 0.6 is 0 Å². The molecule has 0 aromatic heterocycles. The van der Waals surface area contributed by atoms with E-state index in [1.807, 2.05) is 18.2 Å². The van der Waals surface area contributed by atoms with Crippen LogP contribution in [0, 0.1) is 0 Å². The predicted molar refractivity (Wildman–Crippen MR) is 114 cm³/mol. The SMILES string of the molecule is NC(N)=[NH+]CCCO[C@@H]1CO[C@H]2[C@@H]1OC[C@@H]2OC[C@H](NC(=O)OCc1ccccc1)C(=O)O. The molecule has 12 heteroatoms. The molecule has 1 aromatic carbocycles. The third-order valence-corrected chi connectivity index (χ3v) is 5.22. The number of fused-ring (bicyclic) bond motifs is 1. The predicted octanol–water partition coefficient (Wildman–Crippen LogP) is -2.32. The van der Waals surface area contributed by atoms with E-state index in [0.29, 0.717) is 26.2 Å². The van der Waals surface area contributed by atoms with Crippen LogP contribution in [0.2, 0.25) is 0 Å². The summed E-state index contributed by atoms with van der Waals surface area (Å²) in [6.45, 7) is 1.42. The van der Waals surface area contributed by atoms with Gasteiger partial charge in [-0.25, -0.2) is 9.59 Å². The molecule has 1 amide bonds. The molecular weight excluding hydrogens is 436 g/mol. The minimum absolute atomic E-state index is 0.0310. The normalized spacial score (nSPS) is 24.6. The van der Waals surface area contributed by atoms with Crippen molar-refractivity contribution in [2.24, 2.45) is 11.5 Å². The van der Waals surface area contributed by atoms with Crippen LogP contribution in [0.3, 0.4) is 0 Å². The van der Waals surface area contributed by atoms with Gasteiger partial charge < -0.3 is 34.1 Å². The van der Waals surface area contributed by atoms with E-state index in [9.17, 15) is 14.7 Å². The van der Waals surface area contributed by atoms with Crippen molar-refractivity contribution in [2.75, 3.05) is 33.0 Å². The van der Waals surface area contributed by atoms with Gasteiger partial charge in [-0.2, -0.15) is 0 Å². The highest BCUT2D eigenvalue weighted by Crippen LogP contribution is 2.30. The van der Waals surface area contributed by atoms with Crippen molar-refractivity contribution in [3.63, 3.8) is 0 Å². The molecule has 0 bridgehead atoms. The van der Waals surface area contributed by atoms with Crippen molar-refractivity contribution in [3.8, 4) is 0 Å². The summed E-state index contributed by atoms with van der Waals surface area (Å²) in [5.41, 5.74) is 11.5. The number of carboxylic acids is 1. The number of aliphatic carboxylic acids is 1. The van der Waals surface area contributed by atoms with Crippen LogP contribution < -0.4 is 21.8 Å². The maximum atomic E-state index is 12.0. The number of nitrogens with two attached hydrogens (primary N) is 2. The Labute approximate surface area is 191 Å². The molecule has 0 aliphatic carbocycles. The Hall–Kier alpha value is -2.93. The minimum atomic E-state index is -1.28. The molecule has 1 aromatic rings. The van der Waals surface area contributed by atoms with Crippen molar-refractivity contribution in [2.45, 2.75) is 43.5 Å². The number of alkyl carbamates (subject to hydrolysis) is 1. The van der Waals surface area contributed by atoms with Crippen LogP contribution in [-0.4, -0.2) is 86.6 Å². The van der Waals surface area contributed by atoms with Gasteiger partial charge in [-0.1, -0.05) is 30.3 Å². The molecular formula is C21H31N4O8+. The number of rotatable bonds is 12. The van der Waals surface area contributed by atoms with Crippen molar-refractivity contribution in [1.82, 2.24) is 5.32 Å². The lowest BCUT2D eigenvalue weighted by Crippen LogP contribution is -2.78.